The number of hydrogen-bond acceptors (Lipinski definition) is 5. The molecule has 1 atom stereocenters. The molecule has 1 aromatic carbocycles. The molecule has 0 unspecified atom stereocenters. The molecule has 0 aliphatic carbocycles. The molecule has 2 heterocycles. The van der Waals surface area contributed by atoms with Gasteiger partial charge in [0.2, 0.25) is 0 Å². The first kappa shape index (κ1) is 15.3. The zero-order valence-electron chi connectivity index (χ0n) is 12.9. The van der Waals surface area contributed by atoms with E-state index in [2.05, 4.69) is 16.4 Å². The van der Waals surface area contributed by atoms with Gasteiger partial charge in [-0.25, -0.2) is 4.98 Å². The number of benzene rings is 1. The van der Waals surface area contributed by atoms with Gasteiger partial charge in [-0.1, -0.05) is 12.1 Å². The van der Waals surface area contributed by atoms with E-state index in [0.29, 0.717) is 18.7 Å². The van der Waals surface area contributed by atoms with Crippen LogP contribution in [0.5, 0.6) is 5.75 Å². The summed E-state index contributed by atoms with van der Waals surface area (Å²) in [6.45, 7) is 2.14. The maximum Gasteiger partial charge on any atom is 0.126 e. The fourth-order valence-corrected chi connectivity index (χ4v) is 2.43. The number of ether oxygens (including phenoxy) is 2. The predicted octanol–water partition coefficient (Wildman–Crippen LogP) is 3.12. The van der Waals surface area contributed by atoms with E-state index in [-0.39, 0.29) is 6.10 Å². The summed E-state index contributed by atoms with van der Waals surface area (Å²) < 4.78 is 11.3. The Balaban J connectivity index is 1.47. The largest absolute Gasteiger partial charge is 0.491 e. The average molecular weight is 309 g/mol. The molecule has 3 rings (SSSR count). The summed E-state index contributed by atoms with van der Waals surface area (Å²) in [7, 11) is 0. The molecule has 2 aromatic rings. The molecule has 5 nitrogen and oxygen atoms in total. The van der Waals surface area contributed by atoms with Gasteiger partial charge in [0.25, 0.3) is 0 Å². The van der Waals surface area contributed by atoms with Gasteiger partial charge in [-0.05, 0) is 42.7 Å². The van der Waals surface area contributed by atoms with Gasteiger partial charge in [0.1, 0.15) is 24.2 Å². The Morgan fingerprint density at radius 2 is 2.13 bits per heavy atom. The van der Waals surface area contributed by atoms with Crippen molar-refractivity contribution in [2.75, 3.05) is 18.5 Å². The number of nitrogens with zero attached hydrogens (tertiary/aromatic N) is 2. The van der Waals surface area contributed by atoms with E-state index < -0.39 is 0 Å². The zero-order chi connectivity index (χ0) is 15.9. The van der Waals surface area contributed by atoms with Crippen LogP contribution in [0.3, 0.4) is 0 Å². The molecule has 118 valence electrons. The lowest BCUT2D eigenvalue weighted by Crippen LogP contribution is -2.16. The highest BCUT2D eigenvalue weighted by Gasteiger charge is 2.15. The quantitative estimate of drug-likeness (QED) is 0.888. The van der Waals surface area contributed by atoms with Crippen LogP contribution in [0.15, 0.2) is 42.6 Å². The molecular weight excluding hydrogens is 290 g/mol. The molecule has 0 spiro atoms. The molecule has 1 fully saturated rings. The van der Waals surface area contributed by atoms with Crippen LogP contribution < -0.4 is 10.1 Å². The predicted molar refractivity (Wildman–Crippen MR) is 87.2 cm³/mol. The smallest absolute Gasteiger partial charge is 0.126 e. The van der Waals surface area contributed by atoms with Crippen molar-refractivity contribution in [3.63, 3.8) is 0 Å². The number of nitrogens with one attached hydrogen (secondary N) is 1. The van der Waals surface area contributed by atoms with E-state index in [9.17, 15) is 0 Å². The first-order valence-electron chi connectivity index (χ1n) is 7.77. The minimum absolute atomic E-state index is 0.235. The third kappa shape index (κ3) is 4.44. The normalized spacial score (nSPS) is 16.7. The van der Waals surface area contributed by atoms with E-state index in [1.165, 1.54) is 0 Å². The highest BCUT2D eigenvalue weighted by molar-refractivity contribution is 5.40. The van der Waals surface area contributed by atoms with Gasteiger partial charge in [0, 0.05) is 19.3 Å². The molecule has 1 aliphatic heterocycles. The fraction of sp³-hybridized carbons (Fsp3) is 0.333. The molecular formula is C18H19N3O2. The molecule has 1 aromatic heterocycles. The summed E-state index contributed by atoms with van der Waals surface area (Å²) in [6.07, 6.45) is 4.00. The van der Waals surface area contributed by atoms with Gasteiger partial charge < -0.3 is 14.8 Å². The molecule has 0 bridgehead atoms. The number of hydrogen-bond donors (Lipinski definition) is 1. The SMILES string of the molecule is N#Cc1ccc(NCc2ccc(OC[C@H]3CCCO3)cc2)nc1. The Morgan fingerprint density at radius 1 is 1.26 bits per heavy atom. The number of rotatable bonds is 6. The second kappa shape index (κ2) is 7.61. The molecule has 5 heteroatoms. The van der Waals surface area contributed by atoms with Crippen LogP contribution in [-0.2, 0) is 11.3 Å². The lowest BCUT2D eigenvalue weighted by atomic mass is 10.2. The van der Waals surface area contributed by atoms with Crippen molar-refractivity contribution in [3.8, 4) is 11.8 Å². The lowest BCUT2D eigenvalue weighted by Gasteiger charge is -2.12. The summed E-state index contributed by atoms with van der Waals surface area (Å²) in [5.74, 6) is 1.61. The van der Waals surface area contributed by atoms with E-state index in [0.717, 1.165) is 36.6 Å². The minimum atomic E-state index is 0.235. The van der Waals surface area contributed by atoms with E-state index in [1.54, 1.807) is 18.3 Å². The summed E-state index contributed by atoms with van der Waals surface area (Å²) in [5.41, 5.74) is 1.70. The van der Waals surface area contributed by atoms with E-state index >= 15 is 0 Å². The van der Waals surface area contributed by atoms with Crippen molar-refractivity contribution in [3.05, 3.63) is 53.7 Å². The van der Waals surface area contributed by atoms with Crippen LogP contribution >= 0.6 is 0 Å². The molecule has 0 radical (unpaired) electrons. The van der Waals surface area contributed by atoms with Gasteiger partial charge in [-0.15, -0.1) is 0 Å². The Kier molecular flexibility index (Phi) is 5.07. The first-order valence-corrected chi connectivity index (χ1v) is 7.77. The Labute approximate surface area is 135 Å². The molecule has 0 amide bonds. The van der Waals surface area contributed by atoms with Crippen LogP contribution in [0.1, 0.15) is 24.0 Å². The van der Waals surface area contributed by atoms with Crippen molar-refractivity contribution in [2.24, 2.45) is 0 Å². The number of pyridine rings is 1. The lowest BCUT2D eigenvalue weighted by molar-refractivity contribution is 0.0679. The third-order valence-electron chi connectivity index (χ3n) is 3.75. The monoisotopic (exact) mass is 309 g/mol. The van der Waals surface area contributed by atoms with E-state index in [4.69, 9.17) is 14.7 Å². The van der Waals surface area contributed by atoms with Crippen LogP contribution in [0.25, 0.3) is 0 Å². The van der Waals surface area contributed by atoms with Crippen LogP contribution in [0.2, 0.25) is 0 Å². The summed E-state index contributed by atoms with van der Waals surface area (Å²) in [4.78, 5) is 4.18. The summed E-state index contributed by atoms with van der Waals surface area (Å²) in [5, 5.41) is 12.0. The maximum atomic E-state index is 8.75. The highest BCUT2D eigenvalue weighted by Crippen LogP contribution is 2.17. The number of aromatic nitrogens is 1. The average Bonchev–Trinajstić information content (AvgIpc) is 3.13. The van der Waals surface area contributed by atoms with Crippen LogP contribution in [0, 0.1) is 11.3 Å². The molecule has 23 heavy (non-hydrogen) atoms. The number of nitriles is 1. The van der Waals surface area contributed by atoms with E-state index in [1.807, 2.05) is 24.3 Å². The second-order valence-electron chi connectivity index (χ2n) is 5.49. The van der Waals surface area contributed by atoms with Crippen molar-refractivity contribution < 1.29 is 9.47 Å². The summed E-state index contributed by atoms with van der Waals surface area (Å²) >= 11 is 0. The third-order valence-corrected chi connectivity index (χ3v) is 3.75. The zero-order valence-corrected chi connectivity index (χ0v) is 12.9. The van der Waals surface area contributed by atoms with Gasteiger partial charge in [-0.2, -0.15) is 5.26 Å². The Bertz CT molecular complexity index is 656. The van der Waals surface area contributed by atoms with Crippen molar-refractivity contribution in [1.82, 2.24) is 4.98 Å². The Hall–Kier alpha value is -2.58. The molecule has 0 saturated carbocycles. The molecule has 1 saturated heterocycles. The first-order chi connectivity index (χ1) is 11.3. The maximum absolute atomic E-state index is 8.75. The van der Waals surface area contributed by atoms with Crippen molar-refractivity contribution in [2.45, 2.75) is 25.5 Å². The minimum Gasteiger partial charge on any atom is -0.491 e. The van der Waals surface area contributed by atoms with Crippen LogP contribution in [-0.4, -0.2) is 24.3 Å². The molecule has 1 N–H and O–H groups in total. The van der Waals surface area contributed by atoms with Gasteiger partial charge in [-0.3, -0.25) is 0 Å². The van der Waals surface area contributed by atoms with Crippen molar-refractivity contribution in [1.29, 1.82) is 5.26 Å². The molecule has 1 aliphatic rings. The number of anilines is 1. The fourth-order valence-electron chi connectivity index (χ4n) is 2.43. The topological polar surface area (TPSA) is 67.2 Å². The van der Waals surface area contributed by atoms with Gasteiger partial charge in [0.15, 0.2) is 0 Å². The standard InChI is InChI=1S/C18H19N3O2/c19-10-15-5-8-18(21-12-15)20-11-14-3-6-16(7-4-14)23-13-17-2-1-9-22-17/h3-8,12,17H,1-2,9,11,13H2,(H,20,21)/t17-/m1/s1. The Morgan fingerprint density at radius 3 is 2.78 bits per heavy atom. The highest BCUT2D eigenvalue weighted by atomic mass is 16.5. The van der Waals surface area contributed by atoms with Crippen molar-refractivity contribution >= 4 is 5.82 Å². The second-order valence-corrected chi connectivity index (χ2v) is 5.49. The van der Waals surface area contributed by atoms with Crippen LogP contribution in [0.4, 0.5) is 5.82 Å². The van der Waals surface area contributed by atoms with Gasteiger partial charge in [0.05, 0.1) is 11.7 Å². The summed E-state index contributed by atoms with van der Waals surface area (Å²) in [6, 6.07) is 13.6. The van der Waals surface area contributed by atoms with Gasteiger partial charge >= 0.3 is 0 Å².